The standard InChI is InChI=1S/C10H7NO2S/c12-6-8-9(13)11-10(14-8)7-4-2-1-3-5-7/h1-6,13H. The largest absolute Gasteiger partial charge is 0.492 e. The number of nitrogens with zero attached hydrogens (tertiary/aromatic N) is 1. The van der Waals surface area contributed by atoms with Crippen LogP contribution in [0.25, 0.3) is 10.6 Å². The van der Waals surface area contributed by atoms with Gasteiger partial charge in [-0.25, -0.2) is 4.98 Å². The van der Waals surface area contributed by atoms with Gasteiger partial charge < -0.3 is 5.11 Å². The van der Waals surface area contributed by atoms with Gasteiger partial charge in [-0.1, -0.05) is 30.3 Å². The van der Waals surface area contributed by atoms with Crippen LogP contribution in [0, 0.1) is 0 Å². The number of hydrogen-bond donors (Lipinski definition) is 1. The van der Waals surface area contributed by atoms with Crippen molar-refractivity contribution in [2.75, 3.05) is 0 Å². The zero-order valence-corrected chi connectivity index (χ0v) is 7.99. The molecule has 0 aliphatic heterocycles. The van der Waals surface area contributed by atoms with Crippen LogP contribution in [0.4, 0.5) is 0 Å². The van der Waals surface area contributed by atoms with Crippen LogP contribution in [-0.4, -0.2) is 16.4 Å². The van der Waals surface area contributed by atoms with Crippen molar-refractivity contribution in [3.8, 4) is 16.5 Å². The van der Waals surface area contributed by atoms with Gasteiger partial charge in [0.25, 0.3) is 0 Å². The van der Waals surface area contributed by atoms with E-state index in [0.29, 0.717) is 11.3 Å². The van der Waals surface area contributed by atoms with Gasteiger partial charge in [-0.15, -0.1) is 11.3 Å². The Morgan fingerprint density at radius 1 is 1.29 bits per heavy atom. The number of aromatic hydroxyl groups is 1. The molecule has 0 saturated carbocycles. The van der Waals surface area contributed by atoms with E-state index in [4.69, 9.17) is 0 Å². The van der Waals surface area contributed by atoms with E-state index in [1.807, 2.05) is 30.3 Å². The van der Waals surface area contributed by atoms with Gasteiger partial charge in [0, 0.05) is 5.56 Å². The lowest BCUT2D eigenvalue weighted by Crippen LogP contribution is -1.73. The Hall–Kier alpha value is -1.68. The second-order valence-electron chi connectivity index (χ2n) is 2.69. The van der Waals surface area contributed by atoms with Crippen LogP contribution in [0.15, 0.2) is 30.3 Å². The summed E-state index contributed by atoms with van der Waals surface area (Å²) in [5, 5.41) is 9.92. The first-order valence-corrected chi connectivity index (χ1v) is 4.83. The lowest BCUT2D eigenvalue weighted by molar-refractivity contribution is 0.112. The lowest BCUT2D eigenvalue weighted by atomic mass is 10.2. The quantitative estimate of drug-likeness (QED) is 0.765. The van der Waals surface area contributed by atoms with Gasteiger partial charge in [-0.3, -0.25) is 4.79 Å². The minimum Gasteiger partial charge on any atom is -0.492 e. The number of carbonyl (C=O) groups excluding carboxylic acids is 1. The molecule has 70 valence electrons. The minimum atomic E-state index is -0.191. The van der Waals surface area contributed by atoms with Gasteiger partial charge >= 0.3 is 0 Å². The first-order chi connectivity index (χ1) is 6.81. The third-order valence-electron chi connectivity index (χ3n) is 1.76. The summed E-state index contributed by atoms with van der Waals surface area (Å²) in [5.74, 6) is -0.191. The van der Waals surface area contributed by atoms with Gasteiger partial charge in [-0.05, 0) is 0 Å². The third-order valence-corrected chi connectivity index (χ3v) is 2.78. The van der Waals surface area contributed by atoms with Crippen LogP contribution in [0.3, 0.4) is 0 Å². The van der Waals surface area contributed by atoms with Crippen molar-refractivity contribution < 1.29 is 9.90 Å². The topological polar surface area (TPSA) is 50.2 Å². The molecule has 1 N–H and O–H groups in total. The van der Waals surface area contributed by atoms with E-state index in [-0.39, 0.29) is 10.8 Å². The van der Waals surface area contributed by atoms with Crippen LogP contribution < -0.4 is 0 Å². The molecule has 0 radical (unpaired) electrons. The van der Waals surface area contributed by atoms with E-state index in [0.717, 1.165) is 5.56 Å². The molecule has 0 amide bonds. The van der Waals surface area contributed by atoms with Crippen molar-refractivity contribution in [1.29, 1.82) is 0 Å². The summed E-state index contributed by atoms with van der Waals surface area (Å²) >= 11 is 1.18. The summed E-state index contributed by atoms with van der Waals surface area (Å²) in [6, 6.07) is 9.43. The molecular weight excluding hydrogens is 198 g/mol. The minimum absolute atomic E-state index is 0.191. The highest BCUT2D eigenvalue weighted by Crippen LogP contribution is 2.29. The van der Waals surface area contributed by atoms with Crippen LogP contribution in [0.2, 0.25) is 0 Å². The zero-order chi connectivity index (χ0) is 9.97. The first kappa shape index (κ1) is 8.90. The summed E-state index contributed by atoms with van der Waals surface area (Å²) in [6.07, 6.45) is 0.611. The van der Waals surface area contributed by atoms with Crippen LogP contribution >= 0.6 is 11.3 Å². The molecule has 4 heteroatoms. The maximum absolute atomic E-state index is 10.5. The fourth-order valence-electron chi connectivity index (χ4n) is 1.10. The summed E-state index contributed by atoms with van der Waals surface area (Å²) in [4.78, 5) is 14.6. The Labute approximate surface area is 84.7 Å². The van der Waals surface area contributed by atoms with E-state index in [1.54, 1.807) is 0 Å². The highest BCUT2D eigenvalue weighted by atomic mass is 32.1. The van der Waals surface area contributed by atoms with Gasteiger partial charge in [0.15, 0.2) is 6.29 Å². The molecule has 0 fully saturated rings. The fourth-order valence-corrected chi connectivity index (χ4v) is 1.88. The molecule has 0 unspecified atom stereocenters. The molecule has 0 spiro atoms. The van der Waals surface area contributed by atoms with E-state index >= 15 is 0 Å². The lowest BCUT2D eigenvalue weighted by Gasteiger charge is -1.91. The van der Waals surface area contributed by atoms with Gasteiger partial charge in [0.1, 0.15) is 9.88 Å². The number of carbonyl (C=O) groups is 1. The Kier molecular flexibility index (Phi) is 2.28. The van der Waals surface area contributed by atoms with Crippen LogP contribution in [0.1, 0.15) is 9.67 Å². The Balaban J connectivity index is 2.48. The number of aromatic nitrogens is 1. The molecule has 14 heavy (non-hydrogen) atoms. The number of thiazole rings is 1. The highest BCUT2D eigenvalue weighted by molar-refractivity contribution is 7.16. The van der Waals surface area contributed by atoms with Crippen LogP contribution in [0.5, 0.6) is 5.88 Å². The second-order valence-corrected chi connectivity index (χ2v) is 3.72. The summed E-state index contributed by atoms with van der Waals surface area (Å²) < 4.78 is 0. The summed E-state index contributed by atoms with van der Waals surface area (Å²) in [5.41, 5.74) is 0.904. The molecule has 0 atom stereocenters. The molecule has 0 bridgehead atoms. The maximum atomic E-state index is 10.5. The number of hydrogen-bond acceptors (Lipinski definition) is 4. The number of aldehydes is 1. The smallest absolute Gasteiger partial charge is 0.233 e. The number of benzene rings is 1. The highest BCUT2D eigenvalue weighted by Gasteiger charge is 2.09. The molecule has 0 saturated heterocycles. The SMILES string of the molecule is O=Cc1sc(-c2ccccc2)nc1O. The summed E-state index contributed by atoms with van der Waals surface area (Å²) in [6.45, 7) is 0. The Bertz CT molecular complexity index is 450. The van der Waals surface area contributed by atoms with Gasteiger partial charge in [-0.2, -0.15) is 0 Å². The second kappa shape index (κ2) is 3.59. The van der Waals surface area contributed by atoms with E-state index < -0.39 is 0 Å². The zero-order valence-electron chi connectivity index (χ0n) is 7.18. The van der Waals surface area contributed by atoms with E-state index in [1.165, 1.54) is 11.3 Å². The Morgan fingerprint density at radius 3 is 2.57 bits per heavy atom. The van der Waals surface area contributed by atoms with Crippen molar-refractivity contribution in [2.24, 2.45) is 0 Å². The molecule has 2 rings (SSSR count). The van der Waals surface area contributed by atoms with Crippen molar-refractivity contribution in [3.63, 3.8) is 0 Å². The third kappa shape index (κ3) is 1.52. The Morgan fingerprint density at radius 2 is 2.00 bits per heavy atom. The average Bonchev–Trinajstić information content (AvgIpc) is 2.61. The average molecular weight is 205 g/mol. The molecule has 0 aliphatic rings. The molecule has 1 aromatic carbocycles. The fraction of sp³-hybridized carbons (Fsp3) is 0. The molecule has 1 aromatic heterocycles. The molecule has 1 heterocycles. The van der Waals surface area contributed by atoms with E-state index in [9.17, 15) is 9.90 Å². The molecule has 2 aromatic rings. The monoisotopic (exact) mass is 205 g/mol. The first-order valence-electron chi connectivity index (χ1n) is 4.01. The molecule has 3 nitrogen and oxygen atoms in total. The van der Waals surface area contributed by atoms with Crippen molar-refractivity contribution in [3.05, 3.63) is 35.2 Å². The van der Waals surface area contributed by atoms with Crippen LogP contribution in [-0.2, 0) is 0 Å². The predicted octanol–water partition coefficient (Wildman–Crippen LogP) is 2.33. The van der Waals surface area contributed by atoms with Crippen molar-refractivity contribution >= 4 is 17.6 Å². The van der Waals surface area contributed by atoms with Crippen molar-refractivity contribution in [1.82, 2.24) is 4.98 Å². The van der Waals surface area contributed by atoms with Gasteiger partial charge in [0.05, 0.1) is 0 Å². The van der Waals surface area contributed by atoms with Crippen molar-refractivity contribution in [2.45, 2.75) is 0 Å². The molecular formula is C10H7NO2S. The number of rotatable bonds is 2. The maximum Gasteiger partial charge on any atom is 0.233 e. The van der Waals surface area contributed by atoms with E-state index in [2.05, 4.69) is 4.98 Å². The molecule has 0 aliphatic carbocycles. The summed E-state index contributed by atoms with van der Waals surface area (Å²) in [7, 11) is 0. The van der Waals surface area contributed by atoms with Gasteiger partial charge in [0.2, 0.25) is 5.88 Å². The normalized spacial score (nSPS) is 10.0. The predicted molar refractivity (Wildman–Crippen MR) is 54.6 cm³/mol.